The molecular weight excluding hydrogens is 245 g/mol. The Morgan fingerprint density at radius 2 is 1.89 bits per heavy atom. The van der Waals surface area contributed by atoms with Crippen LogP contribution in [-0.2, 0) is 4.74 Å². The molecule has 0 aliphatic rings. The van der Waals surface area contributed by atoms with E-state index >= 15 is 0 Å². The van der Waals surface area contributed by atoms with Crippen LogP contribution in [-0.4, -0.2) is 31.1 Å². The molecule has 1 rings (SSSR count). The fourth-order valence-corrected chi connectivity index (χ4v) is 1.67. The van der Waals surface area contributed by atoms with E-state index < -0.39 is 0 Å². The van der Waals surface area contributed by atoms with Crippen LogP contribution >= 0.6 is 0 Å². The molecule has 0 amide bonds. The van der Waals surface area contributed by atoms with Crippen molar-refractivity contribution in [3.8, 4) is 0 Å². The maximum absolute atomic E-state index is 12.8. The Kier molecular flexibility index (Phi) is 6.67. The topological polar surface area (TPSA) is 38.3 Å². The summed E-state index contributed by atoms with van der Waals surface area (Å²) in [6.45, 7) is 7.21. The first kappa shape index (κ1) is 15.8. The van der Waals surface area contributed by atoms with E-state index in [9.17, 15) is 9.18 Å². The van der Waals surface area contributed by atoms with E-state index in [0.29, 0.717) is 12.2 Å². The lowest BCUT2D eigenvalue weighted by molar-refractivity contribution is 0.0760. The number of Topliss-reactive ketones (excluding diaryl/α,β-unsaturated/α-hetero) is 1. The van der Waals surface area contributed by atoms with Gasteiger partial charge in [0.1, 0.15) is 5.82 Å². The van der Waals surface area contributed by atoms with Crippen molar-refractivity contribution in [2.45, 2.75) is 39.3 Å². The highest BCUT2D eigenvalue weighted by Gasteiger charge is 2.14. The summed E-state index contributed by atoms with van der Waals surface area (Å²) < 4.78 is 18.2. The lowest BCUT2D eigenvalue weighted by Gasteiger charge is -2.13. The van der Waals surface area contributed by atoms with Gasteiger partial charge >= 0.3 is 0 Å². The number of nitrogens with one attached hydrogen (secondary N) is 1. The predicted molar refractivity (Wildman–Crippen MR) is 73.9 cm³/mol. The van der Waals surface area contributed by atoms with Crippen molar-refractivity contribution >= 4 is 5.78 Å². The monoisotopic (exact) mass is 267 g/mol. The second kappa shape index (κ2) is 8.02. The highest BCUT2D eigenvalue weighted by molar-refractivity contribution is 5.99. The van der Waals surface area contributed by atoms with Crippen LogP contribution in [0.1, 0.15) is 37.6 Å². The van der Waals surface area contributed by atoms with E-state index in [2.05, 4.69) is 5.32 Å². The first-order chi connectivity index (χ1) is 9.00. The largest absolute Gasteiger partial charge is 0.379 e. The zero-order valence-electron chi connectivity index (χ0n) is 11.8. The average Bonchev–Trinajstić information content (AvgIpc) is 2.37. The van der Waals surface area contributed by atoms with Gasteiger partial charge in [0.2, 0.25) is 0 Å². The molecule has 1 atom stereocenters. The number of ether oxygens (including phenoxy) is 1. The van der Waals surface area contributed by atoms with Crippen LogP contribution in [0.4, 0.5) is 4.39 Å². The van der Waals surface area contributed by atoms with Crippen LogP contribution in [0.2, 0.25) is 0 Å². The molecule has 3 nitrogen and oxygen atoms in total. The van der Waals surface area contributed by atoms with Gasteiger partial charge in [0, 0.05) is 12.2 Å². The molecule has 4 heteroatoms. The average molecular weight is 267 g/mol. The van der Waals surface area contributed by atoms with Gasteiger partial charge in [0.15, 0.2) is 5.78 Å². The number of hydrogen-bond acceptors (Lipinski definition) is 3. The number of benzene rings is 1. The van der Waals surface area contributed by atoms with Crippen LogP contribution in [0.3, 0.4) is 0 Å². The third kappa shape index (κ3) is 5.94. The first-order valence-electron chi connectivity index (χ1n) is 6.65. The summed E-state index contributed by atoms with van der Waals surface area (Å²) >= 11 is 0. The molecule has 0 aromatic heterocycles. The minimum Gasteiger partial charge on any atom is -0.379 e. The Bertz CT molecular complexity index is 390. The van der Waals surface area contributed by atoms with Crippen molar-refractivity contribution in [3.63, 3.8) is 0 Å². The zero-order valence-corrected chi connectivity index (χ0v) is 11.8. The quantitative estimate of drug-likeness (QED) is 0.581. The van der Waals surface area contributed by atoms with Crippen molar-refractivity contribution in [1.29, 1.82) is 0 Å². The van der Waals surface area contributed by atoms with Gasteiger partial charge < -0.3 is 10.1 Å². The molecule has 0 radical (unpaired) electrons. The minimum absolute atomic E-state index is 0.0234. The molecule has 0 bridgehead atoms. The molecule has 1 aromatic rings. The number of carbonyl (C=O) groups is 1. The van der Waals surface area contributed by atoms with Crippen LogP contribution in [0, 0.1) is 5.82 Å². The molecule has 0 heterocycles. The van der Waals surface area contributed by atoms with E-state index in [0.717, 1.165) is 13.0 Å². The second-order valence-corrected chi connectivity index (χ2v) is 4.82. The van der Waals surface area contributed by atoms with Gasteiger partial charge in [-0.25, -0.2) is 4.39 Å². The van der Waals surface area contributed by atoms with Gasteiger partial charge in [-0.3, -0.25) is 4.79 Å². The van der Waals surface area contributed by atoms with Crippen molar-refractivity contribution in [2.24, 2.45) is 0 Å². The van der Waals surface area contributed by atoms with E-state index in [1.54, 1.807) is 0 Å². The Morgan fingerprint density at radius 3 is 2.47 bits per heavy atom. The summed E-state index contributed by atoms with van der Waals surface area (Å²) in [7, 11) is 0. The molecule has 1 N–H and O–H groups in total. The van der Waals surface area contributed by atoms with Gasteiger partial charge in [-0.2, -0.15) is 0 Å². The summed E-state index contributed by atoms with van der Waals surface area (Å²) in [5.41, 5.74) is 0.528. The summed E-state index contributed by atoms with van der Waals surface area (Å²) in [5, 5.41) is 3.15. The summed E-state index contributed by atoms with van der Waals surface area (Å²) in [6.07, 6.45) is 1.09. The smallest absolute Gasteiger partial charge is 0.179 e. The third-order valence-corrected chi connectivity index (χ3v) is 2.74. The number of carbonyl (C=O) groups excluding carboxylic acids is 1. The van der Waals surface area contributed by atoms with Crippen molar-refractivity contribution in [2.75, 3.05) is 13.2 Å². The molecule has 106 valence electrons. The molecule has 1 unspecified atom stereocenters. The van der Waals surface area contributed by atoms with Crippen molar-refractivity contribution < 1.29 is 13.9 Å². The van der Waals surface area contributed by atoms with E-state index in [1.165, 1.54) is 24.3 Å². The molecular formula is C15H22FNO2. The lowest BCUT2D eigenvalue weighted by atomic mass is 10.1. The second-order valence-electron chi connectivity index (χ2n) is 4.82. The Balaban J connectivity index is 2.31. The van der Waals surface area contributed by atoms with Crippen molar-refractivity contribution in [1.82, 2.24) is 5.32 Å². The highest BCUT2D eigenvalue weighted by atomic mass is 19.1. The molecule has 0 aliphatic carbocycles. The van der Waals surface area contributed by atoms with Crippen LogP contribution in [0.5, 0.6) is 0 Å². The van der Waals surface area contributed by atoms with Crippen LogP contribution < -0.4 is 5.32 Å². The third-order valence-electron chi connectivity index (χ3n) is 2.74. The molecule has 0 saturated carbocycles. The Hall–Kier alpha value is -1.26. The van der Waals surface area contributed by atoms with Crippen LogP contribution in [0.15, 0.2) is 24.3 Å². The predicted octanol–water partition coefficient (Wildman–Crippen LogP) is 2.80. The normalized spacial score (nSPS) is 12.7. The van der Waals surface area contributed by atoms with Crippen LogP contribution in [0.25, 0.3) is 0 Å². The lowest BCUT2D eigenvalue weighted by Crippen LogP contribution is -2.35. The molecule has 0 saturated heterocycles. The number of hydrogen-bond donors (Lipinski definition) is 1. The molecule has 1 aromatic carbocycles. The van der Waals surface area contributed by atoms with Gasteiger partial charge in [-0.05, 0) is 58.0 Å². The van der Waals surface area contributed by atoms with E-state index in [4.69, 9.17) is 4.74 Å². The van der Waals surface area contributed by atoms with Gasteiger partial charge in [-0.15, -0.1) is 0 Å². The SMILES string of the molecule is CC(C)OCCCNC(C)C(=O)c1ccc(F)cc1. The van der Waals surface area contributed by atoms with E-state index in [-0.39, 0.29) is 23.7 Å². The first-order valence-corrected chi connectivity index (χ1v) is 6.65. The number of rotatable bonds is 8. The highest BCUT2D eigenvalue weighted by Crippen LogP contribution is 2.06. The van der Waals surface area contributed by atoms with Gasteiger partial charge in [-0.1, -0.05) is 0 Å². The maximum atomic E-state index is 12.8. The fourth-order valence-electron chi connectivity index (χ4n) is 1.67. The fraction of sp³-hybridized carbons (Fsp3) is 0.533. The van der Waals surface area contributed by atoms with Crippen molar-refractivity contribution in [3.05, 3.63) is 35.6 Å². The number of halogens is 1. The summed E-state index contributed by atoms with van der Waals surface area (Å²) in [4.78, 5) is 12.0. The molecule has 19 heavy (non-hydrogen) atoms. The van der Waals surface area contributed by atoms with Gasteiger partial charge in [0.25, 0.3) is 0 Å². The maximum Gasteiger partial charge on any atom is 0.179 e. The molecule has 0 fully saturated rings. The van der Waals surface area contributed by atoms with Gasteiger partial charge in [0.05, 0.1) is 12.1 Å². The Labute approximate surface area is 114 Å². The molecule has 0 spiro atoms. The molecule has 0 aliphatic heterocycles. The summed E-state index contributed by atoms with van der Waals surface area (Å²) in [6, 6.07) is 5.35. The Morgan fingerprint density at radius 1 is 1.26 bits per heavy atom. The minimum atomic E-state index is -0.331. The number of ketones is 1. The standard InChI is InChI=1S/C15H22FNO2/c1-11(2)19-10-4-9-17-12(3)15(18)13-5-7-14(16)8-6-13/h5-8,11-12,17H,4,9-10H2,1-3H3. The van der Waals surface area contributed by atoms with E-state index in [1.807, 2.05) is 20.8 Å². The summed E-state index contributed by atoms with van der Waals surface area (Å²) in [5.74, 6) is -0.354. The zero-order chi connectivity index (χ0) is 14.3.